The van der Waals surface area contributed by atoms with Gasteiger partial charge < -0.3 is 5.11 Å². The molecule has 112 valence electrons. The van der Waals surface area contributed by atoms with E-state index in [-0.39, 0.29) is 11.3 Å². The summed E-state index contributed by atoms with van der Waals surface area (Å²) in [5.41, 5.74) is 0.296. The Balaban J connectivity index is 2.94. The quantitative estimate of drug-likeness (QED) is 0.770. The molecule has 0 unspecified atom stereocenters. The summed E-state index contributed by atoms with van der Waals surface area (Å²) in [6.45, 7) is 4.68. The van der Waals surface area contributed by atoms with Crippen LogP contribution in [0.3, 0.4) is 0 Å². The third kappa shape index (κ3) is 4.50. The Bertz CT molecular complexity index is 551. The molecule has 6 nitrogen and oxygen atoms in total. The van der Waals surface area contributed by atoms with E-state index in [9.17, 15) is 13.2 Å². The van der Waals surface area contributed by atoms with E-state index in [4.69, 9.17) is 5.11 Å². The molecule has 0 fully saturated rings. The minimum atomic E-state index is -3.65. The third-order valence-corrected chi connectivity index (χ3v) is 4.18. The highest BCUT2D eigenvalue weighted by atomic mass is 32.2. The molecule has 0 saturated carbocycles. The molecule has 0 atom stereocenters. The maximum Gasteiger partial charge on any atom is 0.335 e. The van der Waals surface area contributed by atoms with E-state index in [1.165, 1.54) is 28.6 Å². The van der Waals surface area contributed by atoms with Gasteiger partial charge in [0.25, 0.3) is 0 Å². The first-order chi connectivity index (χ1) is 9.40. The predicted octanol–water partition coefficient (Wildman–Crippen LogP) is 2.16. The molecule has 0 aromatic heterocycles. The smallest absolute Gasteiger partial charge is 0.335 e. The van der Waals surface area contributed by atoms with E-state index < -0.39 is 16.2 Å². The summed E-state index contributed by atoms with van der Waals surface area (Å²) >= 11 is 0. The van der Waals surface area contributed by atoms with E-state index in [0.29, 0.717) is 13.1 Å². The number of carboxylic acids is 1. The molecule has 0 amide bonds. The zero-order valence-corrected chi connectivity index (χ0v) is 12.5. The predicted molar refractivity (Wildman–Crippen MR) is 78.1 cm³/mol. The molecule has 1 rings (SSSR count). The molecule has 0 saturated heterocycles. The Morgan fingerprint density at radius 3 is 2.35 bits per heavy atom. The standard InChI is InChI=1S/C13H20N2O4S/c1-3-8-15(9-4-2)20(18,19)14-12-7-5-6-11(10-12)13(16)17/h5-7,10,14H,3-4,8-9H2,1-2H3,(H,16,17). The first-order valence-corrected chi connectivity index (χ1v) is 7.96. The Hall–Kier alpha value is -1.60. The summed E-state index contributed by atoms with van der Waals surface area (Å²) in [6, 6.07) is 5.75. The van der Waals surface area contributed by atoms with Crippen LogP contribution in [-0.4, -0.2) is 36.9 Å². The van der Waals surface area contributed by atoms with Crippen molar-refractivity contribution in [3.63, 3.8) is 0 Å². The van der Waals surface area contributed by atoms with Crippen molar-refractivity contribution in [1.29, 1.82) is 0 Å². The average Bonchev–Trinajstić information content (AvgIpc) is 2.38. The summed E-state index contributed by atoms with van der Waals surface area (Å²) in [5, 5.41) is 8.90. The lowest BCUT2D eigenvalue weighted by Gasteiger charge is -2.21. The Morgan fingerprint density at radius 2 is 1.85 bits per heavy atom. The molecular formula is C13H20N2O4S. The fraction of sp³-hybridized carbons (Fsp3) is 0.462. The van der Waals surface area contributed by atoms with Gasteiger partial charge in [0.1, 0.15) is 0 Å². The number of benzene rings is 1. The lowest BCUT2D eigenvalue weighted by atomic mass is 10.2. The van der Waals surface area contributed by atoms with Gasteiger partial charge in [0, 0.05) is 13.1 Å². The fourth-order valence-corrected chi connectivity index (χ4v) is 3.18. The number of hydrogen-bond donors (Lipinski definition) is 2. The molecule has 0 aliphatic carbocycles. The van der Waals surface area contributed by atoms with Crippen molar-refractivity contribution in [3.8, 4) is 0 Å². The molecule has 0 heterocycles. The number of rotatable bonds is 8. The molecule has 1 aromatic rings. The highest BCUT2D eigenvalue weighted by Crippen LogP contribution is 2.14. The monoisotopic (exact) mass is 300 g/mol. The molecule has 0 aliphatic rings. The van der Waals surface area contributed by atoms with Crippen LogP contribution in [0.15, 0.2) is 24.3 Å². The molecule has 7 heteroatoms. The van der Waals surface area contributed by atoms with Crippen LogP contribution in [0.4, 0.5) is 5.69 Å². The van der Waals surface area contributed by atoms with Gasteiger partial charge in [-0.2, -0.15) is 12.7 Å². The first-order valence-electron chi connectivity index (χ1n) is 6.52. The van der Waals surface area contributed by atoms with Gasteiger partial charge in [-0.25, -0.2) is 4.79 Å². The van der Waals surface area contributed by atoms with Gasteiger partial charge in [0.2, 0.25) is 0 Å². The largest absolute Gasteiger partial charge is 0.478 e. The summed E-state index contributed by atoms with van der Waals surface area (Å²) in [6.07, 6.45) is 1.44. The van der Waals surface area contributed by atoms with Crippen molar-refractivity contribution < 1.29 is 18.3 Å². The zero-order valence-electron chi connectivity index (χ0n) is 11.7. The first kappa shape index (κ1) is 16.5. The lowest BCUT2D eigenvalue weighted by Crippen LogP contribution is -2.37. The molecule has 20 heavy (non-hydrogen) atoms. The zero-order chi connectivity index (χ0) is 15.2. The van der Waals surface area contributed by atoms with Crippen molar-refractivity contribution in [2.24, 2.45) is 0 Å². The average molecular weight is 300 g/mol. The van der Waals surface area contributed by atoms with Crippen LogP contribution < -0.4 is 4.72 Å². The minimum Gasteiger partial charge on any atom is -0.478 e. The van der Waals surface area contributed by atoms with Crippen molar-refractivity contribution >= 4 is 21.9 Å². The maximum absolute atomic E-state index is 12.2. The molecule has 0 radical (unpaired) electrons. The second-order valence-electron chi connectivity index (χ2n) is 4.39. The molecular weight excluding hydrogens is 280 g/mol. The summed E-state index contributed by atoms with van der Waals surface area (Å²) < 4.78 is 28.2. The topological polar surface area (TPSA) is 86.7 Å². The number of carbonyl (C=O) groups is 1. The van der Waals surface area contributed by atoms with Crippen molar-refractivity contribution in [3.05, 3.63) is 29.8 Å². The van der Waals surface area contributed by atoms with Crippen LogP contribution >= 0.6 is 0 Å². The van der Waals surface area contributed by atoms with Gasteiger partial charge >= 0.3 is 16.2 Å². The molecule has 0 aliphatic heterocycles. The maximum atomic E-state index is 12.2. The Kier molecular flexibility index (Phi) is 5.97. The molecule has 0 spiro atoms. The van der Waals surface area contributed by atoms with Crippen LogP contribution in [0.2, 0.25) is 0 Å². The molecule has 2 N–H and O–H groups in total. The van der Waals surface area contributed by atoms with E-state index in [2.05, 4.69) is 4.72 Å². The number of anilines is 1. The van der Waals surface area contributed by atoms with Crippen LogP contribution in [-0.2, 0) is 10.2 Å². The summed E-state index contributed by atoms with van der Waals surface area (Å²) in [5.74, 6) is -1.09. The number of hydrogen-bond acceptors (Lipinski definition) is 3. The van der Waals surface area contributed by atoms with E-state index >= 15 is 0 Å². The highest BCUT2D eigenvalue weighted by molar-refractivity contribution is 7.90. The van der Waals surface area contributed by atoms with Gasteiger partial charge in [-0.3, -0.25) is 4.72 Å². The highest BCUT2D eigenvalue weighted by Gasteiger charge is 2.20. The van der Waals surface area contributed by atoms with Gasteiger partial charge in [-0.1, -0.05) is 19.9 Å². The Morgan fingerprint density at radius 1 is 1.25 bits per heavy atom. The van der Waals surface area contributed by atoms with E-state index in [1.54, 1.807) is 0 Å². The van der Waals surface area contributed by atoms with Crippen LogP contribution in [0, 0.1) is 0 Å². The summed E-state index contributed by atoms with van der Waals surface area (Å²) in [7, 11) is -3.65. The van der Waals surface area contributed by atoms with Crippen LogP contribution in [0.5, 0.6) is 0 Å². The van der Waals surface area contributed by atoms with E-state index in [0.717, 1.165) is 12.8 Å². The van der Waals surface area contributed by atoms with Gasteiger partial charge in [0.15, 0.2) is 0 Å². The molecule has 1 aromatic carbocycles. The van der Waals surface area contributed by atoms with Gasteiger partial charge in [-0.05, 0) is 31.0 Å². The second-order valence-corrected chi connectivity index (χ2v) is 6.06. The number of nitrogens with one attached hydrogen (secondary N) is 1. The van der Waals surface area contributed by atoms with E-state index in [1.807, 2.05) is 13.8 Å². The SMILES string of the molecule is CCCN(CCC)S(=O)(=O)Nc1cccc(C(=O)O)c1. The number of carboxylic acid groups (broad SMARTS) is 1. The summed E-state index contributed by atoms with van der Waals surface area (Å²) in [4.78, 5) is 10.9. The lowest BCUT2D eigenvalue weighted by molar-refractivity contribution is 0.0697. The second kappa shape index (κ2) is 7.25. The Labute approximate surface area is 119 Å². The number of nitrogens with zero attached hydrogens (tertiary/aromatic N) is 1. The normalized spacial score (nSPS) is 11.6. The number of aromatic carboxylic acids is 1. The minimum absolute atomic E-state index is 0.0442. The van der Waals surface area contributed by atoms with Crippen molar-refractivity contribution in [2.75, 3.05) is 17.8 Å². The van der Waals surface area contributed by atoms with Crippen LogP contribution in [0.25, 0.3) is 0 Å². The molecule has 0 bridgehead atoms. The van der Waals surface area contributed by atoms with Crippen LogP contribution in [0.1, 0.15) is 37.0 Å². The van der Waals surface area contributed by atoms with Gasteiger partial charge in [0.05, 0.1) is 11.3 Å². The van der Waals surface area contributed by atoms with Gasteiger partial charge in [-0.15, -0.1) is 0 Å². The van der Waals surface area contributed by atoms with Crippen molar-refractivity contribution in [1.82, 2.24) is 4.31 Å². The fourth-order valence-electron chi connectivity index (χ4n) is 1.78. The third-order valence-electron chi connectivity index (χ3n) is 2.64. The van der Waals surface area contributed by atoms with Crippen molar-refractivity contribution in [2.45, 2.75) is 26.7 Å².